The van der Waals surface area contributed by atoms with Crippen molar-refractivity contribution in [1.82, 2.24) is 4.98 Å². The minimum Gasteiger partial charge on any atom is -0.486 e. The zero-order chi connectivity index (χ0) is 14.8. The van der Waals surface area contributed by atoms with Gasteiger partial charge in [0.25, 0.3) is 0 Å². The van der Waals surface area contributed by atoms with Crippen molar-refractivity contribution in [2.75, 3.05) is 0 Å². The van der Waals surface area contributed by atoms with Gasteiger partial charge in [0.05, 0.1) is 11.6 Å². The molecule has 1 aromatic carbocycles. The Morgan fingerprint density at radius 3 is 2.70 bits per heavy atom. The van der Waals surface area contributed by atoms with E-state index in [2.05, 4.69) is 25.8 Å². The molecule has 2 rings (SSSR count). The third-order valence-corrected chi connectivity index (χ3v) is 3.95. The molecule has 0 saturated heterocycles. The summed E-state index contributed by atoms with van der Waals surface area (Å²) >= 11 is 7.36. The van der Waals surface area contributed by atoms with Gasteiger partial charge in [-0.3, -0.25) is 0 Å². The molecule has 0 unspecified atom stereocenters. The van der Waals surface area contributed by atoms with Crippen LogP contribution < -0.4 is 4.74 Å². The molecular weight excluding hydrogens is 297 g/mol. The molecule has 108 valence electrons. The largest absolute Gasteiger partial charge is 0.486 e. The molecule has 0 saturated carbocycles. The Kier molecular flexibility index (Phi) is 4.66. The van der Waals surface area contributed by atoms with Crippen LogP contribution in [-0.4, -0.2) is 4.98 Å². The monoisotopic (exact) mass is 313 g/mol. The van der Waals surface area contributed by atoms with Crippen LogP contribution in [0, 0.1) is 5.82 Å². The van der Waals surface area contributed by atoms with Crippen LogP contribution in [0.3, 0.4) is 0 Å². The molecule has 0 bridgehead atoms. The van der Waals surface area contributed by atoms with E-state index in [0.29, 0.717) is 17.9 Å². The molecule has 0 amide bonds. The highest BCUT2D eigenvalue weighted by Gasteiger charge is 2.17. The minimum absolute atomic E-state index is 0.0337. The third kappa shape index (κ3) is 3.70. The molecule has 0 fully saturated rings. The van der Waals surface area contributed by atoms with Crippen molar-refractivity contribution in [2.45, 2.75) is 38.7 Å². The van der Waals surface area contributed by atoms with Gasteiger partial charge in [-0.15, -0.1) is 22.9 Å². The van der Waals surface area contributed by atoms with Crippen molar-refractivity contribution in [3.05, 3.63) is 45.7 Å². The minimum atomic E-state index is -0.308. The fourth-order valence-corrected chi connectivity index (χ4v) is 2.80. The van der Waals surface area contributed by atoms with Gasteiger partial charge >= 0.3 is 0 Å². The summed E-state index contributed by atoms with van der Waals surface area (Å²) in [7, 11) is 0. The van der Waals surface area contributed by atoms with Crippen LogP contribution in [0.15, 0.2) is 23.6 Å². The molecular formula is C15H17ClFNOS. The maximum Gasteiger partial charge on any atom is 0.140 e. The molecule has 1 aromatic heterocycles. The first-order chi connectivity index (χ1) is 9.40. The summed E-state index contributed by atoms with van der Waals surface area (Å²) in [5, 5.41) is 2.95. The van der Waals surface area contributed by atoms with E-state index in [1.54, 1.807) is 17.4 Å². The van der Waals surface area contributed by atoms with E-state index in [0.717, 1.165) is 10.7 Å². The summed E-state index contributed by atoms with van der Waals surface area (Å²) in [4.78, 5) is 4.56. The highest BCUT2D eigenvalue weighted by atomic mass is 35.5. The lowest BCUT2D eigenvalue weighted by molar-refractivity contribution is 0.302. The number of rotatable bonds is 4. The molecule has 2 aromatic rings. The van der Waals surface area contributed by atoms with Crippen LogP contribution in [0.1, 0.15) is 37.0 Å². The van der Waals surface area contributed by atoms with Crippen molar-refractivity contribution < 1.29 is 9.13 Å². The van der Waals surface area contributed by atoms with Crippen molar-refractivity contribution in [1.29, 1.82) is 0 Å². The Bertz CT molecular complexity index is 592. The Morgan fingerprint density at radius 2 is 2.10 bits per heavy atom. The van der Waals surface area contributed by atoms with Gasteiger partial charge in [-0.05, 0) is 18.2 Å². The number of hydrogen-bond acceptors (Lipinski definition) is 3. The summed E-state index contributed by atoms with van der Waals surface area (Å²) in [6, 6.07) is 4.36. The normalized spacial score (nSPS) is 11.7. The smallest absolute Gasteiger partial charge is 0.140 e. The SMILES string of the molecule is CC(C)(C)c1csc(COc2ccc(F)cc2CCl)n1. The molecule has 0 atom stereocenters. The van der Waals surface area contributed by atoms with Crippen LogP contribution in [0.4, 0.5) is 4.39 Å². The highest BCUT2D eigenvalue weighted by molar-refractivity contribution is 7.09. The second-order valence-electron chi connectivity index (χ2n) is 5.55. The van der Waals surface area contributed by atoms with E-state index < -0.39 is 0 Å². The molecule has 0 N–H and O–H groups in total. The standard InChI is InChI=1S/C15H17ClFNOS/c1-15(2,3)13-9-20-14(18-13)8-19-12-5-4-11(17)6-10(12)7-16/h4-6,9H,7-8H2,1-3H3. The van der Waals surface area contributed by atoms with Gasteiger partial charge in [0.1, 0.15) is 23.2 Å². The molecule has 20 heavy (non-hydrogen) atoms. The summed E-state index contributed by atoms with van der Waals surface area (Å²) in [6.07, 6.45) is 0. The van der Waals surface area contributed by atoms with E-state index >= 15 is 0 Å². The maximum absolute atomic E-state index is 13.1. The van der Waals surface area contributed by atoms with Crippen molar-refractivity contribution in [3.63, 3.8) is 0 Å². The highest BCUT2D eigenvalue weighted by Crippen LogP contribution is 2.26. The Morgan fingerprint density at radius 1 is 1.35 bits per heavy atom. The number of hydrogen-bond donors (Lipinski definition) is 0. The van der Waals surface area contributed by atoms with Gasteiger partial charge in [0.15, 0.2) is 0 Å². The van der Waals surface area contributed by atoms with E-state index in [9.17, 15) is 4.39 Å². The average Bonchev–Trinajstić information content (AvgIpc) is 2.86. The Labute approximate surface area is 127 Å². The number of aromatic nitrogens is 1. The average molecular weight is 314 g/mol. The number of alkyl halides is 1. The van der Waals surface area contributed by atoms with Crippen LogP contribution in [-0.2, 0) is 17.9 Å². The first-order valence-electron chi connectivity index (χ1n) is 6.32. The van der Waals surface area contributed by atoms with Crippen molar-refractivity contribution >= 4 is 22.9 Å². The van der Waals surface area contributed by atoms with E-state index in [-0.39, 0.29) is 17.1 Å². The fraction of sp³-hybridized carbons (Fsp3) is 0.400. The Hall–Kier alpha value is -1.13. The van der Waals surface area contributed by atoms with Crippen molar-refractivity contribution in [3.8, 4) is 5.75 Å². The lowest BCUT2D eigenvalue weighted by Gasteiger charge is -2.14. The number of thiazole rings is 1. The van der Waals surface area contributed by atoms with Gasteiger partial charge in [0, 0.05) is 16.4 Å². The van der Waals surface area contributed by atoms with Gasteiger partial charge in [-0.2, -0.15) is 0 Å². The molecule has 0 spiro atoms. The number of benzene rings is 1. The predicted octanol–water partition coefficient (Wildman–Crippen LogP) is 4.90. The molecule has 5 heteroatoms. The van der Waals surface area contributed by atoms with Crippen LogP contribution in [0.25, 0.3) is 0 Å². The Balaban J connectivity index is 2.07. The first kappa shape index (κ1) is 15.3. The fourth-order valence-electron chi connectivity index (χ4n) is 1.65. The van der Waals surface area contributed by atoms with Gasteiger partial charge < -0.3 is 4.74 Å². The number of halogens is 2. The first-order valence-corrected chi connectivity index (χ1v) is 7.73. The number of nitrogens with zero attached hydrogens (tertiary/aromatic N) is 1. The van der Waals surface area contributed by atoms with Crippen LogP contribution in [0.2, 0.25) is 0 Å². The van der Waals surface area contributed by atoms with Gasteiger partial charge in [-0.25, -0.2) is 9.37 Å². The predicted molar refractivity (Wildman–Crippen MR) is 81.1 cm³/mol. The van der Waals surface area contributed by atoms with Crippen LogP contribution in [0.5, 0.6) is 5.75 Å². The van der Waals surface area contributed by atoms with E-state index in [1.165, 1.54) is 12.1 Å². The van der Waals surface area contributed by atoms with E-state index in [1.807, 2.05) is 5.38 Å². The summed E-state index contributed by atoms with van der Waals surface area (Å²) < 4.78 is 18.8. The molecule has 2 nitrogen and oxygen atoms in total. The lowest BCUT2D eigenvalue weighted by Crippen LogP contribution is -2.11. The van der Waals surface area contributed by atoms with E-state index in [4.69, 9.17) is 16.3 Å². The van der Waals surface area contributed by atoms with Crippen molar-refractivity contribution in [2.24, 2.45) is 0 Å². The second-order valence-corrected chi connectivity index (χ2v) is 6.76. The quantitative estimate of drug-likeness (QED) is 0.749. The summed E-state index contributed by atoms with van der Waals surface area (Å²) in [5.41, 5.74) is 1.74. The second kappa shape index (κ2) is 6.10. The topological polar surface area (TPSA) is 22.1 Å². The molecule has 1 heterocycles. The summed E-state index contributed by atoms with van der Waals surface area (Å²) in [6.45, 7) is 6.74. The molecule has 0 aliphatic heterocycles. The number of ether oxygens (including phenoxy) is 1. The zero-order valence-corrected chi connectivity index (χ0v) is 13.3. The maximum atomic E-state index is 13.1. The van der Waals surface area contributed by atoms with Gasteiger partial charge in [-0.1, -0.05) is 20.8 Å². The lowest BCUT2D eigenvalue weighted by atomic mass is 9.93. The molecule has 0 aliphatic carbocycles. The summed E-state index contributed by atoms with van der Waals surface area (Å²) in [5.74, 6) is 0.518. The van der Waals surface area contributed by atoms with Crippen LogP contribution >= 0.6 is 22.9 Å². The molecule has 0 radical (unpaired) electrons. The van der Waals surface area contributed by atoms with Gasteiger partial charge in [0.2, 0.25) is 0 Å². The third-order valence-electron chi connectivity index (χ3n) is 2.84. The zero-order valence-electron chi connectivity index (χ0n) is 11.7. The molecule has 0 aliphatic rings.